The molecule has 27 heavy (non-hydrogen) atoms. The van der Waals surface area contributed by atoms with E-state index in [0.29, 0.717) is 11.1 Å². The zero-order valence-electron chi connectivity index (χ0n) is 15.1. The second kappa shape index (κ2) is 7.21. The predicted molar refractivity (Wildman–Crippen MR) is 109 cm³/mol. The summed E-state index contributed by atoms with van der Waals surface area (Å²) in [5.41, 5.74) is 1.62. The topological polar surface area (TPSA) is 58.6 Å². The summed E-state index contributed by atoms with van der Waals surface area (Å²) < 4.78 is 33.9. The summed E-state index contributed by atoms with van der Waals surface area (Å²) in [6.45, 7) is 1.80. The van der Waals surface area contributed by atoms with E-state index < -0.39 is 10.0 Å². The van der Waals surface area contributed by atoms with Gasteiger partial charge in [-0.2, -0.15) is 0 Å². The monoisotopic (exact) mass is 382 g/mol. The number of nitrogens with one attached hydrogen (secondary N) is 1. The van der Waals surface area contributed by atoms with Crippen molar-refractivity contribution in [3.8, 4) is 0 Å². The molecule has 1 fully saturated rings. The molecule has 4 rings (SSSR count). The van der Waals surface area contributed by atoms with E-state index in [2.05, 4.69) is 9.62 Å². The Kier molecular flexibility index (Phi) is 4.76. The zero-order valence-corrected chi connectivity index (χ0v) is 15.9. The van der Waals surface area contributed by atoms with Crippen LogP contribution in [0.15, 0.2) is 71.6 Å². The molecule has 1 saturated heterocycles. The van der Waals surface area contributed by atoms with Gasteiger partial charge in [0.15, 0.2) is 0 Å². The molecule has 3 aromatic carbocycles. The summed E-state index contributed by atoms with van der Waals surface area (Å²) in [5.74, 6) is 0. The summed E-state index contributed by atoms with van der Waals surface area (Å²) in [6.07, 6.45) is 1.26. The Balaban J connectivity index is 1.56. The van der Waals surface area contributed by atoms with E-state index in [1.807, 2.05) is 42.5 Å². The number of anilines is 2. The maximum absolute atomic E-state index is 12.9. The van der Waals surface area contributed by atoms with E-state index >= 15 is 0 Å². The lowest BCUT2D eigenvalue weighted by Gasteiger charge is -2.19. The van der Waals surface area contributed by atoms with Gasteiger partial charge in [-0.1, -0.05) is 36.4 Å². The molecule has 0 spiro atoms. The minimum atomic E-state index is -3.67. The van der Waals surface area contributed by atoms with E-state index in [9.17, 15) is 8.42 Å². The Labute approximate surface area is 159 Å². The molecule has 3 aromatic rings. The van der Waals surface area contributed by atoms with Crippen molar-refractivity contribution in [3.05, 3.63) is 66.7 Å². The van der Waals surface area contributed by atoms with Crippen LogP contribution in [0.2, 0.25) is 0 Å². The Morgan fingerprint density at radius 1 is 1.00 bits per heavy atom. The van der Waals surface area contributed by atoms with Crippen LogP contribution in [0.5, 0.6) is 0 Å². The predicted octanol–water partition coefficient (Wildman–Crippen LogP) is 3.87. The molecule has 1 aliphatic heterocycles. The number of rotatable bonds is 5. The molecule has 1 unspecified atom stereocenters. The van der Waals surface area contributed by atoms with Gasteiger partial charge in [0.1, 0.15) is 0 Å². The van der Waals surface area contributed by atoms with Gasteiger partial charge >= 0.3 is 0 Å². The van der Waals surface area contributed by atoms with Crippen LogP contribution >= 0.6 is 0 Å². The Bertz CT molecular complexity index is 1040. The van der Waals surface area contributed by atoms with E-state index in [4.69, 9.17) is 4.74 Å². The van der Waals surface area contributed by atoms with Crippen LogP contribution in [0.25, 0.3) is 10.8 Å². The van der Waals surface area contributed by atoms with E-state index in [0.717, 1.165) is 30.6 Å². The van der Waals surface area contributed by atoms with Crippen LogP contribution in [0.3, 0.4) is 0 Å². The lowest BCUT2D eigenvalue weighted by Crippen LogP contribution is -2.22. The molecule has 0 amide bonds. The van der Waals surface area contributed by atoms with Crippen molar-refractivity contribution >= 4 is 32.2 Å². The van der Waals surface area contributed by atoms with Crippen LogP contribution in [0.1, 0.15) is 6.42 Å². The van der Waals surface area contributed by atoms with Gasteiger partial charge < -0.3 is 9.64 Å². The van der Waals surface area contributed by atoms with Gasteiger partial charge in [0.25, 0.3) is 10.0 Å². The van der Waals surface area contributed by atoms with Crippen molar-refractivity contribution in [2.75, 3.05) is 29.8 Å². The highest BCUT2D eigenvalue weighted by molar-refractivity contribution is 7.93. The fourth-order valence-electron chi connectivity index (χ4n) is 3.54. The lowest BCUT2D eigenvalue weighted by molar-refractivity contribution is 0.121. The highest BCUT2D eigenvalue weighted by atomic mass is 32.2. The zero-order chi connectivity index (χ0) is 18.9. The third kappa shape index (κ3) is 3.63. The average Bonchev–Trinajstić information content (AvgIpc) is 3.17. The molecule has 0 radical (unpaired) electrons. The van der Waals surface area contributed by atoms with Crippen molar-refractivity contribution in [2.24, 2.45) is 0 Å². The maximum Gasteiger partial charge on any atom is 0.262 e. The van der Waals surface area contributed by atoms with Crippen molar-refractivity contribution in [3.63, 3.8) is 0 Å². The van der Waals surface area contributed by atoms with Gasteiger partial charge in [0.05, 0.1) is 11.0 Å². The summed E-state index contributed by atoms with van der Waals surface area (Å²) in [5, 5.41) is 1.62. The third-order valence-corrected chi connectivity index (χ3v) is 6.44. The summed E-state index contributed by atoms with van der Waals surface area (Å²) in [4.78, 5) is 2.53. The molecule has 140 valence electrons. The molecule has 0 bridgehead atoms. The number of nitrogens with zero attached hydrogens (tertiary/aromatic N) is 1. The van der Waals surface area contributed by atoms with Gasteiger partial charge in [-0.05, 0) is 42.1 Å². The van der Waals surface area contributed by atoms with E-state index in [1.54, 1.807) is 31.4 Å². The second-order valence-corrected chi connectivity index (χ2v) is 8.37. The van der Waals surface area contributed by atoms with E-state index in [1.165, 1.54) is 0 Å². The van der Waals surface area contributed by atoms with Crippen molar-refractivity contribution in [2.45, 2.75) is 17.4 Å². The van der Waals surface area contributed by atoms with Gasteiger partial charge in [-0.15, -0.1) is 0 Å². The third-order valence-electron chi connectivity index (χ3n) is 5.00. The number of hydrogen-bond acceptors (Lipinski definition) is 4. The lowest BCUT2D eigenvalue weighted by atomic mass is 10.1. The van der Waals surface area contributed by atoms with Crippen LogP contribution in [-0.4, -0.2) is 34.7 Å². The first-order chi connectivity index (χ1) is 13.1. The molecule has 1 heterocycles. The van der Waals surface area contributed by atoms with Gasteiger partial charge in [0.2, 0.25) is 0 Å². The first kappa shape index (κ1) is 17.8. The molecule has 1 aliphatic rings. The van der Waals surface area contributed by atoms with Gasteiger partial charge in [0, 0.05) is 37.0 Å². The molecule has 0 aliphatic carbocycles. The van der Waals surface area contributed by atoms with Crippen LogP contribution in [0.4, 0.5) is 11.4 Å². The fourth-order valence-corrected chi connectivity index (χ4v) is 4.83. The first-order valence-electron chi connectivity index (χ1n) is 8.95. The Hall–Kier alpha value is -2.57. The normalized spacial score (nSPS) is 17.4. The second-order valence-electron chi connectivity index (χ2n) is 6.72. The standard InChI is InChI=1S/C21H22N2O3S/c1-26-19-13-14-23(15-19)18-11-9-17(10-12-18)22-27(24,25)21-8-4-6-16-5-2-3-7-20(16)21/h2-12,19,22H,13-15H2,1H3. The number of sulfonamides is 1. The van der Waals surface area contributed by atoms with Crippen LogP contribution < -0.4 is 9.62 Å². The molecular formula is C21H22N2O3S. The minimum Gasteiger partial charge on any atom is -0.380 e. The maximum atomic E-state index is 12.9. The van der Waals surface area contributed by atoms with Gasteiger partial charge in [-0.25, -0.2) is 8.42 Å². The first-order valence-corrected chi connectivity index (χ1v) is 10.4. The van der Waals surface area contributed by atoms with Crippen LogP contribution in [0, 0.1) is 0 Å². The van der Waals surface area contributed by atoms with Crippen molar-refractivity contribution in [1.82, 2.24) is 0 Å². The number of methoxy groups -OCH3 is 1. The SMILES string of the molecule is COC1CCN(c2ccc(NS(=O)(=O)c3cccc4ccccc34)cc2)C1. The van der Waals surface area contributed by atoms with Crippen molar-refractivity contribution in [1.29, 1.82) is 0 Å². The fraction of sp³-hybridized carbons (Fsp3) is 0.238. The number of hydrogen-bond donors (Lipinski definition) is 1. The largest absolute Gasteiger partial charge is 0.380 e. The summed E-state index contributed by atoms with van der Waals surface area (Å²) in [6, 6.07) is 20.3. The summed E-state index contributed by atoms with van der Waals surface area (Å²) in [7, 11) is -1.93. The number of fused-ring (bicyclic) bond motifs is 1. The molecule has 0 aromatic heterocycles. The van der Waals surface area contributed by atoms with Crippen molar-refractivity contribution < 1.29 is 13.2 Å². The van der Waals surface area contributed by atoms with Gasteiger partial charge in [-0.3, -0.25) is 4.72 Å². The quantitative estimate of drug-likeness (QED) is 0.728. The minimum absolute atomic E-state index is 0.259. The summed E-state index contributed by atoms with van der Waals surface area (Å²) >= 11 is 0. The Morgan fingerprint density at radius 3 is 2.48 bits per heavy atom. The Morgan fingerprint density at radius 2 is 1.74 bits per heavy atom. The molecule has 1 atom stereocenters. The molecular weight excluding hydrogens is 360 g/mol. The molecule has 0 saturated carbocycles. The molecule has 6 heteroatoms. The molecule has 1 N–H and O–H groups in total. The van der Waals surface area contributed by atoms with Crippen LogP contribution in [-0.2, 0) is 14.8 Å². The highest BCUT2D eigenvalue weighted by Gasteiger charge is 2.22. The average molecular weight is 382 g/mol. The van der Waals surface area contributed by atoms with E-state index in [-0.39, 0.29) is 11.0 Å². The highest BCUT2D eigenvalue weighted by Crippen LogP contribution is 2.27. The molecule has 5 nitrogen and oxygen atoms in total. The number of ether oxygens (including phenoxy) is 1. The smallest absolute Gasteiger partial charge is 0.262 e. The number of benzene rings is 3.